The second-order valence-electron chi connectivity index (χ2n) is 9.23. The number of aromatic nitrogens is 2. The summed E-state index contributed by atoms with van der Waals surface area (Å²) >= 11 is 0. The van der Waals surface area contributed by atoms with Gasteiger partial charge in [0.05, 0.1) is 11.0 Å². The summed E-state index contributed by atoms with van der Waals surface area (Å²) in [6.45, 7) is 9.92. The normalized spacial score (nSPS) is 15.1. The van der Waals surface area contributed by atoms with Crippen LogP contribution in [0.3, 0.4) is 0 Å². The summed E-state index contributed by atoms with van der Waals surface area (Å²) in [5, 5.41) is 0. The van der Waals surface area contributed by atoms with Gasteiger partial charge >= 0.3 is 17.8 Å². The molecule has 3 rings (SSSR count). The maximum Gasteiger partial charge on any atom is 0.410 e. The average molecular weight is 446 g/mol. The van der Waals surface area contributed by atoms with Crippen molar-refractivity contribution in [3.63, 3.8) is 0 Å². The van der Waals surface area contributed by atoms with Crippen molar-refractivity contribution in [2.24, 2.45) is 5.92 Å². The lowest BCUT2D eigenvalue weighted by Gasteiger charge is -2.32. The Hall–Kier alpha value is -3.30. The minimum Gasteiger partial charge on any atom is -0.444 e. The summed E-state index contributed by atoms with van der Waals surface area (Å²) in [6.07, 6.45) is 0.506. The number of hydrogen-bond acceptors (Lipinski definition) is 5. The second kappa shape index (κ2) is 9.05. The van der Waals surface area contributed by atoms with Crippen LogP contribution in [-0.4, -0.2) is 50.8 Å². The van der Waals surface area contributed by atoms with Gasteiger partial charge in [-0.3, -0.25) is 14.8 Å². The molecule has 2 aromatic rings. The van der Waals surface area contributed by atoms with E-state index in [0.717, 1.165) is 4.57 Å². The van der Waals surface area contributed by atoms with Gasteiger partial charge in [0, 0.05) is 25.0 Å². The van der Waals surface area contributed by atoms with Gasteiger partial charge in [-0.25, -0.2) is 24.4 Å². The first-order valence-electron chi connectivity index (χ1n) is 10.8. The zero-order valence-corrected chi connectivity index (χ0v) is 19.2. The average Bonchev–Trinajstić information content (AvgIpc) is 3.02. The third kappa shape index (κ3) is 4.95. The number of nitrogens with zero attached hydrogens (tertiary/aromatic N) is 3. The molecule has 0 radical (unpaired) electrons. The van der Waals surface area contributed by atoms with Gasteiger partial charge in [-0.15, -0.1) is 0 Å². The molecule has 0 unspecified atom stereocenters. The standard InChI is InChI=1S/C22H31N5O5/c1-14(2)26-16-8-6-7-9-17(16)27(20(26)30)19(29)24-23-18(28)15-10-12-25(13-11-15)21(31)32-22(3,4)5/h6-9,14-15H,10-13H2,1-5H3,(H,23,28)(H,24,29). The van der Waals surface area contributed by atoms with Crippen molar-refractivity contribution < 1.29 is 19.1 Å². The van der Waals surface area contributed by atoms with Gasteiger partial charge in [-0.1, -0.05) is 12.1 Å². The second-order valence-corrected chi connectivity index (χ2v) is 9.23. The fraction of sp³-hybridized carbons (Fsp3) is 0.545. The van der Waals surface area contributed by atoms with E-state index in [1.54, 1.807) is 49.9 Å². The first-order chi connectivity index (χ1) is 15.0. The number of fused-ring (bicyclic) bond motifs is 1. The SMILES string of the molecule is CC(C)n1c(=O)n(C(=O)NNC(=O)C2CCN(C(=O)OC(C)(C)C)CC2)c2ccccc21. The summed E-state index contributed by atoms with van der Waals surface area (Å²) in [5.74, 6) is -0.717. The number of hydrogen-bond donors (Lipinski definition) is 2. The first-order valence-corrected chi connectivity index (χ1v) is 10.8. The lowest BCUT2D eigenvalue weighted by molar-refractivity contribution is -0.127. The molecule has 0 aliphatic carbocycles. The number of likely N-dealkylation sites (tertiary alicyclic amines) is 1. The van der Waals surface area contributed by atoms with E-state index in [2.05, 4.69) is 10.9 Å². The molecule has 2 heterocycles. The van der Waals surface area contributed by atoms with Crippen LogP contribution in [0.1, 0.15) is 53.5 Å². The Morgan fingerprint density at radius 2 is 1.62 bits per heavy atom. The highest BCUT2D eigenvalue weighted by Crippen LogP contribution is 2.20. The molecule has 3 amide bonds. The van der Waals surface area contributed by atoms with Crippen LogP contribution < -0.4 is 16.5 Å². The summed E-state index contributed by atoms with van der Waals surface area (Å²) in [7, 11) is 0. The number of nitrogens with one attached hydrogen (secondary N) is 2. The van der Waals surface area contributed by atoms with Crippen molar-refractivity contribution in [2.45, 2.75) is 59.1 Å². The Balaban J connectivity index is 1.61. The van der Waals surface area contributed by atoms with Crippen LogP contribution in [0.4, 0.5) is 9.59 Å². The summed E-state index contributed by atoms with van der Waals surface area (Å²) in [4.78, 5) is 51.8. The molecule has 1 aliphatic rings. The minimum atomic E-state index is -0.731. The number of piperidine rings is 1. The van der Waals surface area contributed by atoms with Crippen molar-refractivity contribution in [3.05, 3.63) is 34.7 Å². The number of hydrazine groups is 1. The zero-order chi connectivity index (χ0) is 23.6. The highest BCUT2D eigenvalue weighted by atomic mass is 16.6. The number of para-hydroxylation sites is 2. The van der Waals surface area contributed by atoms with Crippen LogP contribution in [-0.2, 0) is 9.53 Å². The van der Waals surface area contributed by atoms with Gasteiger partial charge < -0.3 is 9.64 Å². The Bertz CT molecular complexity index is 1070. The highest BCUT2D eigenvalue weighted by molar-refractivity contribution is 5.91. The largest absolute Gasteiger partial charge is 0.444 e. The summed E-state index contributed by atoms with van der Waals surface area (Å²) < 4.78 is 7.91. The zero-order valence-electron chi connectivity index (χ0n) is 19.2. The molecular weight excluding hydrogens is 414 g/mol. The molecule has 0 bridgehead atoms. The molecule has 174 valence electrons. The van der Waals surface area contributed by atoms with Crippen LogP contribution >= 0.6 is 0 Å². The van der Waals surface area contributed by atoms with E-state index in [1.807, 2.05) is 13.8 Å². The van der Waals surface area contributed by atoms with Crippen molar-refractivity contribution in [2.75, 3.05) is 13.1 Å². The molecule has 0 saturated carbocycles. The van der Waals surface area contributed by atoms with E-state index < -0.39 is 23.4 Å². The number of ether oxygens (including phenoxy) is 1. The van der Waals surface area contributed by atoms with Crippen molar-refractivity contribution in [1.82, 2.24) is 24.9 Å². The lowest BCUT2D eigenvalue weighted by Crippen LogP contribution is -2.50. The molecule has 2 N–H and O–H groups in total. The number of amides is 3. The fourth-order valence-electron chi connectivity index (χ4n) is 3.79. The predicted octanol–water partition coefficient (Wildman–Crippen LogP) is 2.62. The Morgan fingerprint density at radius 1 is 1.03 bits per heavy atom. The van der Waals surface area contributed by atoms with E-state index in [-0.39, 0.29) is 17.9 Å². The molecule has 10 nitrogen and oxygen atoms in total. The van der Waals surface area contributed by atoms with E-state index in [1.165, 1.54) is 4.57 Å². The first kappa shape index (κ1) is 23.4. The number of carbonyl (C=O) groups is 3. The molecule has 1 fully saturated rings. The maximum absolute atomic E-state index is 12.8. The number of benzene rings is 1. The third-order valence-corrected chi connectivity index (χ3v) is 5.31. The van der Waals surface area contributed by atoms with Gasteiger partial charge in [0.25, 0.3) is 0 Å². The number of rotatable bonds is 2. The van der Waals surface area contributed by atoms with E-state index >= 15 is 0 Å². The summed E-state index contributed by atoms with van der Waals surface area (Å²) in [6, 6.07) is 6.14. The van der Waals surface area contributed by atoms with Gasteiger partial charge in [0.2, 0.25) is 5.91 Å². The van der Waals surface area contributed by atoms with Crippen molar-refractivity contribution in [1.29, 1.82) is 0 Å². The maximum atomic E-state index is 12.8. The molecule has 1 aromatic carbocycles. The summed E-state index contributed by atoms with van der Waals surface area (Å²) in [5.41, 5.74) is 4.83. The Labute approximate surface area is 186 Å². The van der Waals surface area contributed by atoms with E-state index in [0.29, 0.717) is 37.0 Å². The lowest BCUT2D eigenvalue weighted by atomic mass is 9.96. The number of carbonyl (C=O) groups excluding carboxylic acids is 3. The third-order valence-electron chi connectivity index (χ3n) is 5.31. The van der Waals surface area contributed by atoms with E-state index in [4.69, 9.17) is 4.74 Å². The van der Waals surface area contributed by atoms with Gasteiger partial charge in [0.15, 0.2) is 0 Å². The predicted molar refractivity (Wildman–Crippen MR) is 119 cm³/mol. The van der Waals surface area contributed by atoms with Crippen molar-refractivity contribution in [3.8, 4) is 0 Å². The van der Waals surface area contributed by atoms with Crippen LogP contribution in [0.15, 0.2) is 29.1 Å². The molecule has 0 spiro atoms. The van der Waals surface area contributed by atoms with Crippen LogP contribution in [0, 0.1) is 5.92 Å². The monoisotopic (exact) mass is 445 g/mol. The Morgan fingerprint density at radius 3 is 2.19 bits per heavy atom. The van der Waals surface area contributed by atoms with Crippen LogP contribution in [0.2, 0.25) is 0 Å². The van der Waals surface area contributed by atoms with E-state index in [9.17, 15) is 19.2 Å². The molecule has 10 heteroatoms. The molecule has 1 aliphatic heterocycles. The quantitative estimate of drug-likeness (QED) is 0.690. The number of imidazole rings is 1. The minimum absolute atomic E-state index is 0.133. The molecule has 1 saturated heterocycles. The smallest absolute Gasteiger partial charge is 0.410 e. The fourth-order valence-corrected chi connectivity index (χ4v) is 3.79. The topological polar surface area (TPSA) is 115 Å². The van der Waals surface area contributed by atoms with Crippen LogP contribution in [0.5, 0.6) is 0 Å². The highest BCUT2D eigenvalue weighted by Gasteiger charge is 2.30. The van der Waals surface area contributed by atoms with Gasteiger partial charge in [-0.05, 0) is 59.6 Å². The molecule has 32 heavy (non-hydrogen) atoms. The Kier molecular flexibility index (Phi) is 6.61. The van der Waals surface area contributed by atoms with Crippen LogP contribution in [0.25, 0.3) is 11.0 Å². The molecule has 1 aromatic heterocycles. The molecule has 0 atom stereocenters. The van der Waals surface area contributed by atoms with Gasteiger partial charge in [0.1, 0.15) is 5.60 Å². The van der Waals surface area contributed by atoms with Crippen molar-refractivity contribution >= 4 is 29.1 Å². The molecular formula is C22H31N5O5. The van der Waals surface area contributed by atoms with Gasteiger partial charge in [-0.2, -0.15) is 0 Å².